The normalized spacial score (nSPS) is 31.3. The molecule has 2 saturated carbocycles. The Labute approximate surface area is 110 Å². The van der Waals surface area contributed by atoms with Gasteiger partial charge < -0.3 is 5.32 Å². The van der Waals surface area contributed by atoms with E-state index in [1.807, 2.05) is 0 Å². The second-order valence-corrected chi connectivity index (χ2v) is 6.20. The van der Waals surface area contributed by atoms with Gasteiger partial charge in [-0.3, -0.25) is 4.79 Å². The Morgan fingerprint density at radius 1 is 1.22 bits per heavy atom. The number of nitrogens with one attached hydrogen (secondary N) is 1. The highest BCUT2D eigenvalue weighted by atomic mass is 16.2. The van der Waals surface area contributed by atoms with E-state index in [4.69, 9.17) is 0 Å². The molecule has 2 unspecified atom stereocenters. The van der Waals surface area contributed by atoms with Gasteiger partial charge in [-0.1, -0.05) is 32.6 Å². The first-order chi connectivity index (χ1) is 8.66. The van der Waals surface area contributed by atoms with Gasteiger partial charge in [-0.05, 0) is 38.0 Å². The van der Waals surface area contributed by atoms with Gasteiger partial charge in [-0.2, -0.15) is 5.26 Å². The average Bonchev–Trinajstić information content (AvgIpc) is 2.65. The molecule has 0 saturated heterocycles. The van der Waals surface area contributed by atoms with Crippen LogP contribution in [-0.2, 0) is 4.79 Å². The largest absolute Gasteiger partial charge is 0.352 e. The minimum absolute atomic E-state index is 0.00556. The molecule has 2 aliphatic carbocycles. The van der Waals surface area contributed by atoms with E-state index in [9.17, 15) is 10.1 Å². The Morgan fingerprint density at radius 3 is 2.39 bits per heavy atom. The molecule has 0 radical (unpaired) electrons. The molecular formula is C15H24N2O. The summed E-state index contributed by atoms with van der Waals surface area (Å²) in [5, 5.41) is 12.6. The van der Waals surface area contributed by atoms with Crippen molar-refractivity contribution in [1.82, 2.24) is 5.32 Å². The van der Waals surface area contributed by atoms with Crippen LogP contribution in [0.2, 0.25) is 0 Å². The van der Waals surface area contributed by atoms with E-state index >= 15 is 0 Å². The predicted molar refractivity (Wildman–Crippen MR) is 70.7 cm³/mol. The molecule has 3 nitrogen and oxygen atoms in total. The summed E-state index contributed by atoms with van der Waals surface area (Å²) in [5.74, 6) is 0.716. The Bertz CT molecular complexity index is 337. The summed E-state index contributed by atoms with van der Waals surface area (Å²) in [7, 11) is 0. The molecule has 0 aromatic rings. The van der Waals surface area contributed by atoms with Crippen LogP contribution in [0.1, 0.15) is 64.7 Å². The summed E-state index contributed by atoms with van der Waals surface area (Å²) < 4.78 is 0. The lowest BCUT2D eigenvalue weighted by molar-refractivity contribution is -0.129. The molecule has 1 amide bonds. The maximum atomic E-state index is 12.4. The van der Waals surface area contributed by atoms with Gasteiger partial charge in [0.2, 0.25) is 5.91 Å². The number of carbonyl (C=O) groups is 1. The molecular weight excluding hydrogens is 224 g/mol. The maximum absolute atomic E-state index is 12.4. The predicted octanol–water partition coefficient (Wildman–Crippen LogP) is 3.16. The molecule has 0 bridgehead atoms. The molecule has 0 heterocycles. The zero-order valence-corrected chi connectivity index (χ0v) is 11.4. The second-order valence-electron chi connectivity index (χ2n) is 6.20. The molecule has 100 valence electrons. The van der Waals surface area contributed by atoms with Crippen LogP contribution in [0.5, 0.6) is 0 Å². The van der Waals surface area contributed by atoms with E-state index in [0.29, 0.717) is 12.0 Å². The van der Waals surface area contributed by atoms with Crippen LogP contribution in [-0.4, -0.2) is 11.9 Å². The third-order valence-corrected chi connectivity index (χ3v) is 4.64. The molecule has 2 atom stereocenters. The van der Waals surface area contributed by atoms with Gasteiger partial charge in [-0.25, -0.2) is 0 Å². The van der Waals surface area contributed by atoms with E-state index in [1.54, 1.807) is 0 Å². The first kappa shape index (κ1) is 13.4. The van der Waals surface area contributed by atoms with Crippen molar-refractivity contribution < 1.29 is 4.79 Å². The van der Waals surface area contributed by atoms with Crippen molar-refractivity contribution in [2.45, 2.75) is 70.8 Å². The quantitative estimate of drug-likeness (QED) is 0.763. The highest BCUT2D eigenvalue weighted by molar-refractivity contribution is 5.85. The van der Waals surface area contributed by atoms with E-state index < -0.39 is 5.41 Å². The highest BCUT2D eigenvalue weighted by Gasteiger charge is 2.40. The van der Waals surface area contributed by atoms with Gasteiger partial charge >= 0.3 is 0 Å². The van der Waals surface area contributed by atoms with Gasteiger partial charge in [0.05, 0.1) is 6.07 Å². The van der Waals surface area contributed by atoms with Gasteiger partial charge in [0.25, 0.3) is 0 Å². The first-order valence-corrected chi connectivity index (χ1v) is 7.38. The molecule has 0 spiro atoms. The van der Waals surface area contributed by atoms with Crippen LogP contribution in [0.15, 0.2) is 0 Å². The van der Waals surface area contributed by atoms with Crippen LogP contribution in [0.4, 0.5) is 0 Å². The summed E-state index contributed by atoms with van der Waals surface area (Å²) >= 11 is 0. The van der Waals surface area contributed by atoms with Crippen LogP contribution in [0.3, 0.4) is 0 Å². The SMILES string of the molecule is CC1CCC(NC(=O)C2(C#N)CCCCCC2)C1. The summed E-state index contributed by atoms with van der Waals surface area (Å²) in [6.07, 6.45) is 9.21. The summed E-state index contributed by atoms with van der Waals surface area (Å²) in [6.45, 7) is 2.23. The third kappa shape index (κ3) is 2.85. The fourth-order valence-electron chi connectivity index (χ4n) is 3.38. The van der Waals surface area contributed by atoms with Crippen LogP contribution < -0.4 is 5.32 Å². The summed E-state index contributed by atoms with van der Waals surface area (Å²) in [5.41, 5.74) is -0.734. The van der Waals surface area contributed by atoms with Crippen LogP contribution in [0.25, 0.3) is 0 Å². The lowest BCUT2D eigenvalue weighted by Crippen LogP contribution is -2.44. The highest BCUT2D eigenvalue weighted by Crippen LogP contribution is 2.35. The molecule has 0 aromatic heterocycles. The molecule has 1 N–H and O–H groups in total. The van der Waals surface area contributed by atoms with E-state index in [1.165, 1.54) is 6.42 Å². The van der Waals surface area contributed by atoms with Crippen molar-refractivity contribution in [3.05, 3.63) is 0 Å². The summed E-state index contributed by atoms with van der Waals surface area (Å²) in [6, 6.07) is 2.64. The molecule has 2 fully saturated rings. The molecule has 18 heavy (non-hydrogen) atoms. The van der Waals surface area contributed by atoms with Gasteiger partial charge in [-0.15, -0.1) is 0 Å². The Kier molecular flexibility index (Phi) is 4.27. The van der Waals surface area contributed by atoms with Gasteiger partial charge in [0, 0.05) is 6.04 Å². The third-order valence-electron chi connectivity index (χ3n) is 4.64. The molecule has 0 aromatic carbocycles. The number of carbonyl (C=O) groups excluding carboxylic acids is 1. The molecule has 2 aliphatic rings. The van der Waals surface area contributed by atoms with Crippen molar-refractivity contribution in [3.63, 3.8) is 0 Å². The maximum Gasteiger partial charge on any atom is 0.240 e. The Morgan fingerprint density at radius 2 is 1.89 bits per heavy atom. The smallest absolute Gasteiger partial charge is 0.240 e. The first-order valence-electron chi connectivity index (χ1n) is 7.38. The van der Waals surface area contributed by atoms with Gasteiger partial charge in [0.15, 0.2) is 0 Å². The zero-order valence-electron chi connectivity index (χ0n) is 11.4. The summed E-state index contributed by atoms with van der Waals surface area (Å²) in [4.78, 5) is 12.4. The Balaban J connectivity index is 1.98. The molecule has 2 rings (SSSR count). The van der Waals surface area contributed by atoms with Gasteiger partial charge in [0.1, 0.15) is 5.41 Å². The van der Waals surface area contributed by atoms with E-state index in [-0.39, 0.29) is 5.91 Å². The van der Waals surface area contributed by atoms with Crippen molar-refractivity contribution >= 4 is 5.91 Å². The fourth-order valence-corrected chi connectivity index (χ4v) is 3.38. The van der Waals surface area contributed by atoms with Crippen molar-refractivity contribution in [2.24, 2.45) is 11.3 Å². The zero-order chi connectivity index (χ0) is 13.0. The number of nitriles is 1. The number of amides is 1. The molecule has 3 heteroatoms. The minimum atomic E-state index is -0.734. The Hall–Kier alpha value is -1.04. The van der Waals surface area contributed by atoms with E-state index in [2.05, 4.69) is 18.3 Å². The second kappa shape index (κ2) is 5.73. The van der Waals surface area contributed by atoms with Crippen molar-refractivity contribution in [2.75, 3.05) is 0 Å². The average molecular weight is 248 g/mol. The monoisotopic (exact) mass is 248 g/mol. The molecule has 0 aliphatic heterocycles. The van der Waals surface area contributed by atoms with Crippen LogP contribution in [0, 0.1) is 22.7 Å². The fraction of sp³-hybridized carbons (Fsp3) is 0.867. The standard InChI is InChI=1S/C15H24N2O/c1-12-6-7-13(10-12)17-14(18)15(11-16)8-4-2-3-5-9-15/h12-13H,2-10H2,1H3,(H,17,18). The topological polar surface area (TPSA) is 52.9 Å². The number of hydrogen-bond donors (Lipinski definition) is 1. The number of hydrogen-bond acceptors (Lipinski definition) is 2. The van der Waals surface area contributed by atoms with Crippen molar-refractivity contribution in [3.8, 4) is 6.07 Å². The van der Waals surface area contributed by atoms with Crippen molar-refractivity contribution in [1.29, 1.82) is 5.26 Å². The number of rotatable bonds is 2. The lowest BCUT2D eigenvalue weighted by Gasteiger charge is -2.25. The van der Waals surface area contributed by atoms with E-state index in [0.717, 1.165) is 51.4 Å². The van der Waals surface area contributed by atoms with Crippen LogP contribution >= 0.6 is 0 Å². The minimum Gasteiger partial charge on any atom is -0.352 e. The lowest BCUT2D eigenvalue weighted by atomic mass is 9.80. The number of nitrogens with zero attached hydrogens (tertiary/aromatic N) is 1.